The number of rotatable bonds is 10. The van der Waals surface area contributed by atoms with E-state index in [0.29, 0.717) is 0 Å². The highest BCUT2D eigenvalue weighted by Gasteiger charge is 2.32. The van der Waals surface area contributed by atoms with Crippen molar-refractivity contribution in [3.8, 4) is 5.75 Å². The van der Waals surface area contributed by atoms with Crippen molar-refractivity contribution in [1.82, 2.24) is 9.80 Å². The normalized spacial score (nSPS) is 15.0. The fourth-order valence-electron chi connectivity index (χ4n) is 4.36. The quantitative estimate of drug-likeness (QED) is 0.464. The minimum atomic E-state index is -0.598. The van der Waals surface area contributed by atoms with Gasteiger partial charge >= 0.3 is 0 Å². The van der Waals surface area contributed by atoms with E-state index >= 15 is 0 Å². The van der Waals surface area contributed by atoms with Crippen LogP contribution in [0.3, 0.4) is 0 Å². The number of halogens is 2. The molecule has 0 radical (unpaired) electrons. The van der Waals surface area contributed by atoms with Gasteiger partial charge in [0.15, 0.2) is 0 Å². The third kappa shape index (κ3) is 9.47. The third-order valence-electron chi connectivity index (χ3n) is 6.67. The number of likely N-dealkylation sites (tertiary alicyclic amines) is 1. The molecule has 6 nitrogen and oxygen atoms in total. The maximum Gasteiger partial charge on any atom is 0.253 e. The zero-order valence-corrected chi connectivity index (χ0v) is 23.9. The van der Waals surface area contributed by atoms with Gasteiger partial charge in [0.2, 0.25) is 0 Å². The van der Waals surface area contributed by atoms with Crippen molar-refractivity contribution in [2.75, 3.05) is 52.2 Å². The minimum Gasteiger partial charge on any atom is -0.491 e. The summed E-state index contributed by atoms with van der Waals surface area (Å²) in [6.07, 6.45) is 3.50. The Hall–Kier alpha value is -1.99. The van der Waals surface area contributed by atoms with Crippen LogP contribution in [0.2, 0.25) is 0 Å². The molecule has 0 atom stereocenters. The van der Waals surface area contributed by atoms with Gasteiger partial charge in [0.05, 0.1) is 11.7 Å². The van der Waals surface area contributed by atoms with E-state index in [1.807, 2.05) is 50.2 Å². The number of piperidine rings is 1. The van der Waals surface area contributed by atoms with E-state index in [1.54, 1.807) is 19.0 Å². The van der Waals surface area contributed by atoms with E-state index in [1.165, 1.54) is 5.56 Å². The molecule has 2 aromatic carbocycles. The topological polar surface area (TPSA) is 56.3 Å². The van der Waals surface area contributed by atoms with Gasteiger partial charge in [-0.2, -0.15) is 0 Å². The van der Waals surface area contributed by atoms with Gasteiger partial charge in [-0.1, -0.05) is 12.1 Å². The van der Waals surface area contributed by atoms with Gasteiger partial charge in [-0.15, -0.1) is 24.8 Å². The molecule has 1 aliphatic rings. The molecule has 1 amide bonds. The molecular formula is C28H43Cl2N3O3. The summed E-state index contributed by atoms with van der Waals surface area (Å²) >= 11 is 0. The van der Waals surface area contributed by atoms with E-state index in [-0.39, 0.29) is 36.8 Å². The van der Waals surface area contributed by atoms with Crippen LogP contribution >= 0.6 is 24.8 Å². The summed E-state index contributed by atoms with van der Waals surface area (Å²) < 4.78 is 5.72. The highest BCUT2D eigenvalue weighted by atomic mass is 35.5. The number of carbonyl (C=O) groups is 1. The van der Waals surface area contributed by atoms with Gasteiger partial charge in [-0.3, -0.25) is 4.79 Å². The highest BCUT2D eigenvalue weighted by molar-refractivity contribution is 5.93. The number of amides is 1. The second-order valence-corrected chi connectivity index (χ2v) is 10.0. The van der Waals surface area contributed by atoms with E-state index in [4.69, 9.17) is 4.74 Å². The average molecular weight is 541 g/mol. The van der Waals surface area contributed by atoms with Gasteiger partial charge in [0.25, 0.3) is 5.91 Å². The maximum atomic E-state index is 12.0. The van der Waals surface area contributed by atoms with Gasteiger partial charge in [-0.05, 0) is 81.5 Å². The summed E-state index contributed by atoms with van der Waals surface area (Å²) in [4.78, 5) is 18.3. The monoisotopic (exact) mass is 539 g/mol. The van der Waals surface area contributed by atoms with Crippen molar-refractivity contribution in [3.63, 3.8) is 0 Å². The van der Waals surface area contributed by atoms with Crippen LogP contribution in [0.1, 0.15) is 49.0 Å². The Morgan fingerprint density at radius 3 is 2.11 bits per heavy atom. The molecule has 0 aromatic heterocycles. The first-order valence-electron chi connectivity index (χ1n) is 12.4. The lowest BCUT2D eigenvalue weighted by atomic mass is 9.88. The summed E-state index contributed by atoms with van der Waals surface area (Å²) in [5.41, 5.74) is 2.50. The molecule has 3 rings (SSSR count). The molecule has 0 spiro atoms. The van der Waals surface area contributed by atoms with Crippen molar-refractivity contribution < 1.29 is 14.6 Å². The summed E-state index contributed by atoms with van der Waals surface area (Å²) in [6.45, 7) is 7.68. The predicted octanol–water partition coefficient (Wildman–Crippen LogP) is 4.92. The molecule has 202 valence electrons. The Labute approximate surface area is 229 Å². The van der Waals surface area contributed by atoms with E-state index in [2.05, 4.69) is 29.0 Å². The smallest absolute Gasteiger partial charge is 0.253 e. The number of anilines is 1. The van der Waals surface area contributed by atoms with Crippen LogP contribution in [0.5, 0.6) is 5.75 Å². The van der Waals surface area contributed by atoms with Gasteiger partial charge in [-0.25, -0.2) is 0 Å². The van der Waals surface area contributed by atoms with Crippen LogP contribution in [0.25, 0.3) is 0 Å². The lowest BCUT2D eigenvalue weighted by Gasteiger charge is -2.39. The molecule has 0 bridgehead atoms. The largest absolute Gasteiger partial charge is 0.491 e. The van der Waals surface area contributed by atoms with Crippen molar-refractivity contribution in [2.45, 2.75) is 51.2 Å². The molecule has 1 fully saturated rings. The summed E-state index contributed by atoms with van der Waals surface area (Å²) in [5.74, 6) is 0.917. The van der Waals surface area contributed by atoms with Crippen molar-refractivity contribution >= 4 is 36.4 Å². The Balaban J connectivity index is 0.00000324. The first-order valence-corrected chi connectivity index (χ1v) is 12.4. The van der Waals surface area contributed by atoms with Crippen LogP contribution in [0, 0.1) is 0 Å². The second-order valence-electron chi connectivity index (χ2n) is 10.0. The first-order chi connectivity index (χ1) is 16.1. The lowest BCUT2D eigenvalue weighted by Crippen LogP contribution is -2.46. The summed E-state index contributed by atoms with van der Waals surface area (Å²) in [5, 5.41) is 11.1. The van der Waals surface area contributed by atoms with E-state index in [0.717, 1.165) is 68.9 Å². The Kier molecular flexibility index (Phi) is 13.1. The second kappa shape index (κ2) is 14.7. The van der Waals surface area contributed by atoms with Gasteiger partial charge < -0.3 is 24.5 Å². The number of ether oxygens (including phenoxy) is 1. The van der Waals surface area contributed by atoms with Crippen LogP contribution in [-0.4, -0.2) is 79.8 Å². The minimum absolute atomic E-state index is 0. The molecule has 8 heteroatoms. The SMILES string of the molecule is CC(C)Oc1ccc(N(C)CCC2(O)CCN(CCc3ccc(C(=O)N(C)C)cc3)CC2)cc1.Cl.Cl. The molecule has 1 saturated heterocycles. The molecule has 0 aliphatic carbocycles. The standard InChI is InChI=1S/C28H41N3O3.2ClH/c1-22(2)34-26-12-10-25(11-13-26)30(5)19-15-28(33)16-20-31(21-17-28)18-14-23-6-8-24(9-7-23)27(32)29(3)4;;/h6-13,22,33H,14-21H2,1-5H3;2*1H. The van der Waals surface area contributed by atoms with Crippen molar-refractivity contribution in [1.29, 1.82) is 0 Å². The number of benzene rings is 2. The molecular weight excluding hydrogens is 497 g/mol. The number of hydrogen-bond acceptors (Lipinski definition) is 5. The molecule has 36 heavy (non-hydrogen) atoms. The molecule has 1 heterocycles. The maximum absolute atomic E-state index is 12.0. The summed E-state index contributed by atoms with van der Waals surface area (Å²) in [7, 11) is 5.62. The predicted molar refractivity (Wildman–Crippen MR) is 153 cm³/mol. The molecule has 1 aliphatic heterocycles. The number of nitrogens with zero attached hydrogens (tertiary/aromatic N) is 3. The number of aliphatic hydroxyl groups is 1. The van der Waals surface area contributed by atoms with Crippen molar-refractivity contribution in [3.05, 3.63) is 59.7 Å². The van der Waals surface area contributed by atoms with Gasteiger partial charge in [0, 0.05) is 58.6 Å². The average Bonchev–Trinajstić information content (AvgIpc) is 2.82. The molecule has 0 saturated carbocycles. The van der Waals surface area contributed by atoms with Crippen molar-refractivity contribution in [2.24, 2.45) is 0 Å². The number of carbonyl (C=O) groups excluding carboxylic acids is 1. The lowest BCUT2D eigenvalue weighted by molar-refractivity contribution is -0.0254. The molecule has 0 unspecified atom stereocenters. The Bertz CT molecular complexity index is 913. The first kappa shape index (κ1) is 32.0. The fraction of sp³-hybridized carbons (Fsp3) is 0.536. The van der Waals surface area contributed by atoms with Crippen LogP contribution in [0.15, 0.2) is 48.5 Å². The van der Waals surface area contributed by atoms with Crippen LogP contribution < -0.4 is 9.64 Å². The van der Waals surface area contributed by atoms with Crippen LogP contribution in [0.4, 0.5) is 5.69 Å². The van der Waals surface area contributed by atoms with E-state index < -0.39 is 5.60 Å². The zero-order chi connectivity index (χ0) is 24.7. The third-order valence-corrected chi connectivity index (χ3v) is 6.67. The van der Waals surface area contributed by atoms with Crippen LogP contribution in [-0.2, 0) is 6.42 Å². The highest BCUT2D eigenvalue weighted by Crippen LogP contribution is 2.27. The molecule has 1 N–H and O–H groups in total. The summed E-state index contributed by atoms with van der Waals surface area (Å²) in [6, 6.07) is 16.1. The Morgan fingerprint density at radius 2 is 1.58 bits per heavy atom. The van der Waals surface area contributed by atoms with Gasteiger partial charge in [0.1, 0.15) is 5.75 Å². The number of hydrogen-bond donors (Lipinski definition) is 1. The molecule has 2 aromatic rings. The van der Waals surface area contributed by atoms with E-state index in [9.17, 15) is 9.90 Å². The fourth-order valence-corrected chi connectivity index (χ4v) is 4.36. The Morgan fingerprint density at radius 1 is 1.00 bits per heavy atom. The zero-order valence-electron chi connectivity index (χ0n) is 22.3.